The molecule has 1 aliphatic rings. The minimum Gasteiger partial charge on any atom is -0.383 e. The number of benzene rings is 1. The first-order chi connectivity index (χ1) is 12.4. The first kappa shape index (κ1) is 19.0. The highest BCUT2D eigenvalue weighted by atomic mass is 19.4. The zero-order chi connectivity index (χ0) is 18.7. The van der Waals surface area contributed by atoms with Crippen LogP contribution in [0.5, 0.6) is 0 Å². The molecule has 1 aromatic carbocycles. The lowest BCUT2D eigenvalue weighted by atomic mass is 10.0. The van der Waals surface area contributed by atoms with Gasteiger partial charge >= 0.3 is 6.18 Å². The van der Waals surface area contributed by atoms with Crippen LogP contribution in [0.25, 0.3) is 10.9 Å². The number of hydrogen-bond donors (Lipinski definition) is 1. The molecule has 4 nitrogen and oxygen atoms in total. The number of hydrogen-bond acceptors (Lipinski definition) is 3. The molecule has 0 amide bonds. The summed E-state index contributed by atoms with van der Waals surface area (Å²) in [4.78, 5) is 2.38. The summed E-state index contributed by atoms with van der Waals surface area (Å²) in [7, 11) is 1.71. The standard InChI is InChI=1S/C19H26F3N3O/c1-14-12-16-17(4-3-5-18(16)25(14)13-19(20,21)22)23-15-6-8-24(9-7-15)10-11-26-2/h3-5,12,15,23H,6-11,13H2,1-2H3. The van der Waals surface area contributed by atoms with Crippen molar-refractivity contribution < 1.29 is 17.9 Å². The van der Waals surface area contributed by atoms with Gasteiger partial charge in [-0.15, -0.1) is 0 Å². The van der Waals surface area contributed by atoms with Crippen molar-refractivity contribution in [3.8, 4) is 0 Å². The Bertz CT molecular complexity index is 733. The largest absolute Gasteiger partial charge is 0.406 e. The van der Waals surface area contributed by atoms with Gasteiger partial charge in [-0.2, -0.15) is 13.2 Å². The lowest BCUT2D eigenvalue weighted by molar-refractivity contribution is -0.140. The van der Waals surface area contributed by atoms with Crippen LogP contribution in [0.1, 0.15) is 18.5 Å². The third-order valence-corrected chi connectivity index (χ3v) is 5.05. The molecule has 26 heavy (non-hydrogen) atoms. The number of nitrogens with zero attached hydrogens (tertiary/aromatic N) is 2. The maximum Gasteiger partial charge on any atom is 0.406 e. The summed E-state index contributed by atoms with van der Waals surface area (Å²) < 4.78 is 45.1. The number of aromatic nitrogens is 1. The molecule has 2 heterocycles. The van der Waals surface area contributed by atoms with E-state index in [0.717, 1.165) is 50.2 Å². The van der Waals surface area contributed by atoms with Crippen molar-refractivity contribution in [3.05, 3.63) is 30.0 Å². The highest BCUT2D eigenvalue weighted by Gasteiger charge is 2.29. The van der Waals surface area contributed by atoms with E-state index in [1.165, 1.54) is 4.57 Å². The van der Waals surface area contributed by atoms with Crippen LogP contribution in [0.15, 0.2) is 24.3 Å². The molecule has 1 N–H and O–H groups in total. The fourth-order valence-corrected chi connectivity index (χ4v) is 3.67. The molecular weight excluding hydrogens is 343 g/mol. The number of anilines is 1. The first-order valence-corrected chi connectivity index (χ1v) is 9.01. The highest BCUT2D eigenvalue weighted by Crippen LogP contribution is 2.31. The van der Waals surface area contributed by atoms with Gasteiger partial charge in [-0.3, -0.25) is 0 Å². The smallest absolute Gasteiger partial charge is 0.383 e. The molecule has 0 spiro atoms. The van der Waals surface area contributed by atoms with Crippen LogP contribution in [0, 0.1) is 6.92 Å². The predicted octanol–water partition coefficient (Wildman–Crippen LogP) is 4.03. The van der Waals surface area contributed by atoms with Crippen molar-refractivity contribution in [2.45, 2.75) is 38.5 Å². The number of likely N-dealkylation sites (tertiary alicyclic amines) is 1. The number of piperidine rings is 1. The van der Waals surface area contributed by atoms with Crippen LogP contribution in [-0.2, 0) is 11.3 Å². The molecule has 0 radical (unpaired) electrons. The Morgan fingerprint density at radius 3 is 2.62 bits per heavy atom. The summed E-state index contributed by atoms with van der Waals surface area (Å²) in [6.07, 6.45) is -2.19. The van der Waals surface area contributed by atoms with Gasteiger partial charge in [0, 0.05) is 49.6 Å². The molecule has 0 atom stereocenters. The van der Waals surface area contributed by atoms with Gasteiger partial charge in [-0.05, 0) is 38.0 Å². The Labute approximate surface area is 151 Å². The average Bonchev–Trinajstić information content (AvgIpc) is 2.90. The number of methoxy groups -OCH3 is 1. The van der Waals surface area contributed by atoms with Gasteiger partial charge in [-0.1, -0.05) is 6.07 Å². The molecule has 1 fully saturated rings. The van der Waals surface area contributed by atoms with Crippen LogP contribution in [0.3, 0.4) is 0 Å². The number of ether oxygens (including phenoxy) is 1. The normalized spacial score (nSPS) is 17.1. The molecule has 144 valence electrons. The number of rotatable bonds is 6. The summed E-state index contributed by atoms with van der Waals surface area (Å²) in [5.74, 6) is 0. The van der Waals surface area contributed by atoms with Crippen LogP contribution in [0.4, 0.5) is 18.9 Å². The number of nitrogens with one attached hydrogen (secondary N) is 1. The lowest BCUT2D eigenvalue weighted by Crippen LogP contribution is -2.40. The summed E-state index contributed by atoms with van der Waals surface area (Å²) in [5.41, 5.74) is 2.17. The third-order valence-electron chi connectivity index (χ3n) is 5.05. The van der Waals surface area contributed by atoms with Gasteiger partial charge in [0.2, 0.25) is 0 Å². The van der Waals surface area contributed by atoms with Gasteiger partial charge < -0.3 is 19.5 Å². The topological polar surface area (TPSA) is 29.4 Å². The lowest BCUT2D eigenvalue weighted by Gasteiger charge is -2.32. The molecule has 0 aliphatic carbocycles. The molecule has 0 saturated carbocycles. The van der Waals surface area contributed by atoms with E-state index >= 15 is 0 Å². The highest BCUT2D eigenvalue weighted by molar-refractivity contribution is 5.93. The van der Waals surface area contributed by atoms with Gasteiger partial charge in [0.05, 0.1) is 12.1 Å². The number of fused-ring (bicyclic) bond motifs is 1. The monoisotopic (exact) mass is 369 g/mol. The molecule has 2 aromatic rings. The van der Waals surface area contributed by atoms with Crippen molar-refractivity contribution in [1.82, 2.24) is 9.47 Å². The third kappa shape index (κ3) is 4.51. The summed E-state index contributed by atoms with van der Waals surface area (Å²) in [6.45, 7) is 4.46. The number of alkyl halides is 3. The Balaban J connectivity index is 1.72. The van der Waals surface area contributed by atoms with E-state index in [1.54, 1.807) is 20.1 Å². The molecule has 7 heteroatoms. The zero-order valence-electron chi connectivity index (χ0n) is 15.3. The van der Waals surface area contributed by atoms with E-state index in [4.69, 9.17) is 4.74 Å². The average molecular weight is 369 g/mol. The fraction of sp³-hybridized carbons (Fsp3) is 0.579. The van der Waals surface area contributed by atoms with Gasteiger partial charge in [0.25, 0.3) is 0 Å². The quantitative estimate of drug-likeness (QED) is 0.834. The molecule has 1 aromatic heterocycles. The Morgan fingerprint density at radius 1 is 1.23 bits per heavy atom. The van der Waals surface area contributed by atoms with Crippen molar-refractivity contribution >= 4 is 16.6 Å². The van der Waals surface area contributed by atoms with Crippen molar-refractivity contribution in [2.75, 3.05) is 38.7 Å². The number of aryl methyl sites for hydroxylation is 1. The summed E-state index contributed by atoms with van der Waals surface area (Å²) >= 11 is 0. The van der Waals surface area contributed by atoms with Crippen LogP contribution in [0.2, 0.25) is 0 Å². The summed E-state index contributed by atoms with van der Waals surface area (Å²) in [5, 5.41) is 4.41. The molecule has 1 aliphatic heterocycles. The second-order valence-electron chi connectivity index (χ2n) is 6.98. The fourth-order valence-electron chi connectivity index (χ4n) is 3.67. The Kier molecular flexibility index (Phi) is 5.77. The minimum absolute atomic E-state index is 0.339. The molecule has 1 saturated heterocycles. The molecular formula is C19H26F3N3O. The van der Waals surface area contributed by atoms with Crippen LogP contribution in [-0.4, -0.2) is 55.0 Å². The van der Waals surface area contributed by atoms with E-state index in [-0.39, 0.29) is 0 Å². The van der Waals surface area contributed by atoms with Gasteiger partial charge in [0.1, 0.15) is 6.54 Å². The van der Waals surface area contributed by atoms with E-state index in [2.05, 4.69) is 10.2 Å². The maximum atomic E-state index is 12.9. The zero-order valence-corrected chi connectivity index (χ0v) is 15.3. The summed E-state index contributed by atoms with van der Waals surface area (Å²) in [6, 6.07) is 7.72. The predicted molar refractivity (Wildman–Crippen MR) is 97.7 cm³/mol. The number of halogens is 3. The minimum atomic E-state index is -4.23. The van der Waals surface area contributed by atoms with Crippen molar-refractivity contribution in [1.29, 1.82) is 0 Å². The van der Waals surface area contributed by atoms with E-state index in [0.29, 0.717) is 17.3 Å². The van der Waals surface area contributed by atoms with Crippen molar-refractivity contribution in [3.63, 3.8) is 0 Å². The van der Waals surface area contributed by atoms with E-state index < -0.39 is 12.7 Å². The maximum absolute atomic E-state index is 12.9. The van der Waals surface area contributed by atoms with E-state index in [9.17, 15) is 13.2 Å². The molecule has 3 rings (SSSR count). The second kappa shape index (κ2) is 7.88. The molecule has 0 unspecified atom stereocenters. The van der Waals surface area contributed by atoms with Gasteiger partial charge in [0.15, 0.2) is 0 Å². The van der Waals surface area contributed by atoms with Gasteiger partial charge in [-0.25, -0.2) is 0 Å². The second-order valence-corrected chi connectivity index (χ2v) is 6.98. The van der Waals surface area contributed by atoms with Crippen molar-refractivity contribution in [2.24, 2.45) is 0 Å². The SMILES string of the molecule is COCCN1CCC(Nc2cccc3c2cc(C)n3CC(F)(F)F)CC1. The Morgan fingerprint density at radius 2 is 1.96 bits per heavy atom. The molecule has 0 bridgehead atoms. The first-order valence-electron chi connectivity index (χ1n) is 9.01. The Hall–Kier alpha value is -1.73. The van der Waals surface area contributed by atoms with Crippen LogP contribution >= 0.6 is 0 Å². The van der Waals surface area contributed by atoms with E-state index in [1.807, 2.05) is 18.2 Å². The van der Waals surface area contributed by atoms with Crippen LogP contribution < -0.4 is 5.32 Å².